The van der Waals surface area contributed by atoms with Crippen LogP contribution in [0.15, 0.2) is 48.5 Å². The van der Waals surface area contributed by atoms with Crippen molar-refractivity contribution in [2.24, 2.45) is 0 Å². The highest BCUT2D eigenvalue weighted by Crippen LogP contribution is 2.21. The molecule has 0 aliphatic carbocycles. The van der Waals surface area contributed by atoms with E-state index in [0.29, 0.717) is 35.1 Å². The number of rotatable bonds is 7. The largest absolute Gasteiger partial charge is 0.347 e. The first-order chi connectivity index (χ1) is 14.0. The molecule has 0 fully saturated rings. The zero-order valence-electron chi connectivity index (χ0n) is 16.3. The van der Waals surface area contributed by atoms with Gasteiger partial charge in [-0.05, 0) is 43.2 Å². The number of nitrogens with one attached hydrogen (secondary N) is 2. The zero-order chi connectivity index (χ0) is 20.8. The Morgan fingerprint density at radius 2 is 1.93 bits per heavy atom. The monoisotopic (exact) mass is 411 g/mol. The third-order valence-corrected chi connectivity index (χ3v) is 4.65. The second kappa shape index (κ2) is 9.34. The third kappa shape index (κ3) is 5.00. The fourth-order valence-corrected chi connectivity index (χ4v) is 3.08. The zero-order valence-corrected chi connectivity index (χ0v) is 17.0. The van der Waals surface area contributed by atoms with Crippen LogP contribution in [0.2, 0.25) is 5.02 Å². The van der Waals surface area contributed by atoms with Gasteiger partial charge in [0.05, 0.1) is 16.4 Å². The predicted molar refractivity (Wildman–Crippen MR) is 112 cm³/mol. The molecule has 0 unspecified atom stereocenters. The van der Waals surface area contributed by atoms with Crippen LogP contribution in [-0.4, -0.2) is 26.8 Å². The maximum atomic E-state index is 12.6. The summed E-state index contributed by atoms with van der Waals surface area (Å²) in [5, 5.41) is 14.3. The van der Waals surface area contributed by atoms with E-state index in [0.717, 1.165) is 12.0 Å². The van der Waals surface area contributed by atoms with E-state index >= 15 is 0 Å². The van der Waals surface area contributed by atoms with Gasteiger partial charge < -0.3 is 10.6 Å². The molecule has 0 atom stereocenters. The molecule has 29 heavy (non-hydrogen) atoms. The Labute approximate surface area is 174 Å². The van der Waals surface area contributed by atoms with Gasteiger partial charge >= 0.3 is 0 Å². The predicted octanol–water partition coefficient (Wildman–Crippen LogP) is 3.90. The molecule has 8 heteroatoms. The Morgan fingerprint density at radius 1 is 1.14 bits per heavy atom. The molecule has 150 valence electrons. The molecule has 0 saturated heterocycles. The van der Waals surface area contributed by atoms with Gasteiger partial charge in [-0.25, -0.2) is 4.68 Å². The SMILES string of the molecule is CCCC(=O)Nc1cccc(CNC(=O)c2nnn(-c3ccccc3Cl)c2C)c1. The van der Waals surface area contributed by atoms with Gasteiger partial charge in [-0.1, -0.05) is 48.0 Å². The molecule has 0 spiro atoms. The summed E-state index contributed by atoms with van der Waals surface area (Å²) in [4.78, 5) is 24.3. The van der Waals surface area contributed by atoms with E-state index in [1.54, 1.807) is 17.7 Å². The average Bonchev–Trinajstić information content (AvgIpc) is 3.08. The van der Waals surface area contributed by atoms with Crippen LogP contribution >= 0.6 is 11.6 Å². The molecule has 0 saturated carbocycles. The van der Waals surface area contributed by atoms with Gasteiger partial charge in [0.1, 0.15) is 0 Å². The molecule has 0 aliphatic rings. The molecule has 1 heterocycles. The van der Waals surface area contributed by atoms with Crippen LogP contribution in [-0.2, 0) is 11.3 Å². The lowest BCUT2D eigenvalue weighted by atomic mass is 10.2. The van der Waals surface area contributed by atoms with E-state index in [1.807, 2.05) is 49.4 Å². The third-order valence-electron chi connectivity index (χ3n) is 4.33. The lowest BCUT2D eigenvalue weighted by Gasteiger charge is -2.08. The number of halogens is 1. The van der Waals surface area contributed by atoms with Gasteiger partial charge in [-0.3, -0.25) is 9.59 Å². The van der Waals surface area contributed by atoms with Crippen molar-refractivity contribution < 1.29 is 9.59 Å². The van der Waals surface area contributed by atoms with Gasteiger partial charge in [0, 0.05) is 18.7 Å². The van der Waals surface area contributed by atoms with Crippen LogP contribution in [0.25, 0.3) is 5.69 Å². The van der Waals surface area contributed by atoms with Gasteiger partial charge in [0.2, 0.25) is 5.91 Å². The number of aromatic nitrogens is 3. The number of carbonyl (C=O) groups is 2. The first kappa shape index (κ1) is 20.5. The number of hydrogen-bond acceptors (Lipinski definition) is 4. The maximum Gasteiger partial charge on any atom is 0.274 e. The lowest BCUT2D eigenvalue weighted by molar-refractivity contribution is -0.116. The highest BCUT2D eigenvalue weighted by atomic mass is 35.5. The Bertz CT molecular complexity index is 1030. The molecule has 2 N–H and O–H groups in total. The van der Waals surface area contributed by atoms with Crippen LogP contribution in [0, 0.1) is 6.92 Å². The van der Waals surface area contributed by atoms with Crippen molar-refractivity contribution in [2.75, 3.05) is 5.32 Å². The minimum absolute atomic E-state index is 0.0273. The van der Waals surface area contributed by atoms with E-state index in [9.17, 15) is 9.59 Å². The van der Waals surface area contributed by atoms with Crippen LogP contribution in [0.3, 0.4) is 0 Å². The lowest BCUT2D eigenvalue weighted by Crippen LogP contribution is -2.24. The standard InChI is InChI=1S/C21H22ClN5O2/c1-3-7-19(28)24-16-9-6-8-15(12-16)13-23-21(29)20-14(2)27(26-25-20)18-11-5-4-10-17(18)22/h4-6,8-12H,3,7,13H2,1-2H3,(H,23,29)(H,24,28). The molecular weight excluding hydrogens is 390 g/mol. The summed E-state index contributed by atoms with van der Waals surface area (Å²) in [6.07, 6.45) is 1.26. The summed E-state index contributed by atoms with van der Waals surface area (Å²) in [6.45, 7) is 4.02. The molecule has 0 radical (unpaired) electrons. The second-order valence-electron chi connectivity index (χ2n) is 6.57. The summed E-state index contributed by atoms with van der Waals surface area (Å²) < 4.78 is 1.54. The summed E-state index contributed by atoms with van der Waals surface area (Å²) >= 11 is 6.21. The summed E-state index contributed by atoms with van der Waals surface area (Å²) in [5.41, 5.74) is 3.06. The Morgan fingerprint density at radius 3 is 2.69 bits per heavy atom. The van der Waals surface area contributed by atoms with E-state index in [2.05, 4.69) is 20.9 Å². The van der Waals surface area contributed by atoms with Crippen molar-refractivity contribution >= 4 is 29.1 Å². The number of hydrogen-bond donors (Lipinski definition) is 2. The normalized spacial score (nSPS) is 10.6. The van der Waals surface area contributed by atoms with Crippen molar-refractivity contribution in [3.8, 4) is 5.69 Å². The number of carbonyl (C=O) groups excluding carboxylic acids is 2. The topological polar surface area (TPSA) is 88.9 Å². The highest BCUT2D eigenvalue weighted by Gasteiger charge is 2.18. The van der Waals surface area contributed by atoms with Gasteiger partial charge in [-0.2, -0.15) is 0 Å². The number of anilines is 1. The first-order valence-corrected chi connectivity index (χ1v) is 9.71. The number of nitrogens with zero attached hydrogens (tertiary/aromatic N) is 3. The number of para-hydroxylation sites is 1. The van der Waals surface area contributed by atoms with E-state index in [1.165, 1.54) is 0 Å². The Balaban J connectivity index is 1.68. The van der Waals surface area contributed by atoms with Crippen molar-refractivity contribution in [3.05, 3.63) is 70.5 Å². The second-order valence-corrected chi connectivity index (χ2v) is 6.98. The minimum Gasteiger partial charge on any atom is -0.347 e. The molecule has 0 aliphatic heterocycles. The van der Waals surface area contributed by atoms with Crippen molar-refractivity contribution in [3.63, 3.8) is 0 Å². The van der Waals surface area contributed by atoms with Crippen LogP contribution in [0.1, 0.15) is 41.5 Å². The van der Waals surface area contributed by atoms with E-state index < -0.39 is 0 Å². The Kier molecular flexibility index (Phi) is 6.61. The fourth-order valence-electron chi connectivity index (χ4n) is 2.87. The molecule has 3 aromatic rings. The smallest absolute Gasteiger partial charge is 0.274 e. The highest BCUT2D eigenvalue weighted by molar-refractivity contribution is 6.32. The van der Waals surface area contributed by atoms with E-state index in [-0.39, 0.29) is 17.5 Å². The molecule has 2 aromatic carbocycles. The fraction of sp³-hybridized carbons (Fsp3) is 0.238. The molecule has 1 aromatic heterocycles. The molecular formula is C21H22ClN5O2. The quantitative estimate of drug-likeness (QED) is 0.617. The van der Waals surface area contributed by atoms with Gasteiger partial charge in [0.15, 0.2) is 5.69 Å². The summed E-state index contributed by atoms with van der Waals surface area (Å²) in [5.74, 6) is -0.360. The van der Waals surface area contributed by atoms with E-state index in [4.69, 9.17) is 11.6 Å². The van der Waals surface area contributed by atoms with Crippen molar-refractivity contribution in [1.29, 1.82) is 0 Å². The van der Waals surface area contributed by atoms with Crippen LogP contribution in [0.5, 0.6) is 0 Å². The van der Waals surface area contributed by atoms with Gasteiger partial charge in [0.25, 0.3) is 5.91 Å². The summed E-state index contributed by atoms with van der Waals surface area (Å²) in [7, 11) is 0. The van der Waals surface area contributed by atoms with Crippen LogP contribution < -0.4 is 10.6 Å². The number of benzene rings is 2. The molecule has 2 amide bonds. The maximum absolute atomic E-state index is 12.6. The number of amides is 2. The molecule has 0 bridgehead atoms. The minimum atomic E-state index is -0.332. The van der Waals surface area contributed by atoms with Crippen molar-refractivity contribution in [2.45, 2.75) is 33.2 Å². The molecule has 7 nitrogen and oxygen atoms in total. The average molecular weight is 412 g/mol. The van der Waals surface area contributed by atoms with Gasteiger partial charge in [-0.15, -0.1) is 5.10 Å². The molecule has 3 rings (SSSR count). The Hall–Kier alpha value is -3.19. The van der Waals surface area contributed by atoms with Crippen molar-refractivity contribution in [1.82, 2.24) is 20.3 Å². The first-order valence-electron chi connectivity index (χ1n) is 9.33. The summed E-state index contributed by atoms with van der Waals surface area (Å²) in [6, 6.07) is 14.6. The van der Waals surface area contributed by atoms with Crippen LogP contribution in [0.4, 0.5) is 5.69 Å².